The molecule has 0 radical (unpaired) electrons. The molecule has 0 saturated heterocycles. The molecular weight excluding hydrogens is 316 g/mol. The summed E-state index contributed by atoms with van der Waals surface area (Å²) in [5.74, 6) is 1.71. The lowest BCUT2D eigenvalue weighted by Crippen LogP contribution is -1.79. The van der Waals surface area contributed by atoms with Crippen LogP contribution in [0.3, 0.4) is 0 Å². The van der Waals surface area contributed by atoms with E-state index in [2.05, 4.69) is 36.4 Å². The van der Waals surface area contributed by atoms with Crippen molar-refractivity contribution < 1.29 is 4.42 Å². The van der Waals surface area contributed by atoms with E-state index in [9.17, 15) is 0 Å². The Morgan fingerprint density at radius 2 is 1.21 bits per heavy atom. The molecule has 0 aliphatic heterocycles. The summed E-state index contributed by atoms with van der Waals surface area (Å²) < 4.78 is 6.24. The first-order valence-electron chi connectivity index (χ1n) is 7.82. The number of halogens is 1. The quantitative estimate of drug-likeness (QED) is 0.396. The maximum Gasteiger partial charge on any atom is 0.142 e. The van der Waals surface area contributed by atoms with Crippen LogP contribution in [0.4, 0.5) is 0 Å². The lowest BCUT2D eigenvalue weighted by Gasteiger charge is -2.03. The average Bonchev–Trinajstić information content (AvgIpc) is 3.09. The molecule has 24 heavy (non-hydrogen) atoms. The molecule has 0 fully saturated rings. The standard InChI is InChI=1S/C22H15ClO/c23-19-13-7-12-18(14-19)20-15-21(16-8-3-1-4-9-16)24-22(20)17-10-5-2-6-11-17/h1-15H. The maximum atomic E-state index is 6.24. The van der Waals surface area contributed by atoms with E-state index in [-0.39, 0.29) is 0 Å². The molecule has 0 aliphatic carbocycles. The summed E-state index contributed by atoms with van der Waals surface area (Å²) >= 11 is 6.19. The summed E-state index contributed by atoms with van der Waals surface area (Å²) in [6, 6.07) is 30.2. The Bertz CT molecular complexity index is 956. The molecule has 1 nitrogen and oxygen atoms in total. The zero-order chi connectivity index (χ0) is 16.4. The van der Waals surface area contributed by atoms with E-state index in [1.165, 1.54) is 0 Å². The summed E-state index contributed by atoms with van der Waals surface area (Å²) in [5, 5.41) is 0.717. The van der Waals surface area contributed by atoms with Gasteiger partial charge in [0.15, 0.2) is 0 Å². The monoisotopic (exact) mass is 330 g/mol. The van der Waals surface area contributed by atoms with E-state index in [4.69, 9.17) is 16.0 Å². The molecule has 3 aromatic carbocycles. The van der Waals surface area contributed by atoms with Crippen molar-refractivity contribution in [3.63, 3.8) is 0 Å². The van der Waals surface area contributed by atoms with Gasteiger partial charge in [-0.15, -0.1) is 0 Å². The summed E-state index contributed by atoms with van der Waals surface area (Å²) in [7, 11) is 0. The first-order valence-corrected chi connectivity index (χ1v) is 8.20. The normalized spacial score (nSPS) is 10.7. The van der Waals surface area contributed by atoms with Gasteiger partial charge in [0.1, 0.15) is 11.5 Å². The molecule has 0 aliphatic rings. The van der Waals surface area contributed by atoms with Crippen LogP contribution in [-0.4, -0.2) is 0 Å². The first-order chi connectivity index (χ1) is 11.8. The third kappa shape index (κ3) is 2.86. The molecule has 0 bridgehead atoms. The van der Waals surface area contributed by atoms with Gasteiger partial charge in [0.05, 0.1) is 0 Å². The van der Waals surface area contributed by atoms with Crippen LogP contribution in [0.15, 0.2) is 95.4 Å². The highest BCUT2D eigenvalue weighted by molar-refractivity contribution is 6.30. The van der Waals surface area contributed by atoms with Crippen LogP contribution < -0.4 is 0 Å². The lowest BCUT2D eigenvalue weighted by molar-refractivity contribution is 0.598. The topological polar surface area (TPSA) is 13.1 Å². The van der Waals surface area contributed by atoms with Crippen molar-refractivity contribution >= 4 is 11.6 Å². The minimum absolute atomic E-state index is 0.717. The van der Waals surface area contributed by atoms with Crippen molar-refractivity contribution in [3.05, 3.63) is 96.0 Å². The Morgan fingerprint density at radius 3 is 1.88 bits per heavy atom. The number of rotatable bonds is 3. The van der Waals surface area contributed by atoms with Crippen molar-refractivity contribution in [3.8, 4) is 33.8 Å². The van der Waals surface area contributed by atoms with Crippen molar-refractivity contribution in [2.45, 2.75) is 0 Å². The fourth-order valence-corrected chi connectivity index (χ4v) is 3.00. The largest absolute Gasteiger partial charge is 0.455 e. The molecule has 1 aromatic heterocycles. The fourth-order valence-electron chi connectivity index (χ4n) is 2.81. The molecule has 4 rings (SSSR count). The second-order valence-electron chi connectivity index (χ2n) is 5.60. The molecular formula is C22H15ClO. The molecule has 0 amide bonds. The summed E-state index contributed by atoms with van der Waals surface area (Å²) in [5.41, 5.74) is 4.20. The number of hydrogen-bond acceptors (Lipinski definition) is 1. The highest BCUT2D eigenvalue weighted by Crippen LogP contribution is 2.39. The van der Waals surface area contributed by atoms with Crippen LogP contribution >= 0.6 is 11.6 Å². The third-order valence-electron chi connectivity index (χ3n) is 3.96. The Kier molecular flexibility index (Phi) is 3.94. The van der Waals surface area contributed by atoms with E-state index >= 15 is 0 Å². The summed E-state index contributed by atoms with van der Waals surface area (Å²) in [6.45, 7) is 0. The van der Waals surface area contributed by atoms with E-state index in [1.807, 2.05) is 54.6 Å². The molecule has 2 heteroatoms. The maximum absolute atomic E-state index is 6.24. The van der Waals surface area contributed by atoms with Crippen LogP contribution in [0.5, 0.6) is 0 Å². The van der Waals surface area contributed by atoms with Gasteiger partial charge in [-0.3, -0.25) is 0 Å². The lowest BCUT2D eigenvalue weighted by atomic mass is 10.0. The van der Waals surface area contributed by atoms with Crippen molar-refractivity contribution in [1.82, 2.24) is 0 Å². The van der Waals surface area contributed by atoms with Crippen LogP contribution in [0, 0.1) is 0 Å². The highest BCUT2D eigenvalue weighted by Gasteiger charge is 2.16. The van der Waals surface area contributed by atoms with Crippen LogP contribution in [-0.2, 0) is 0 Å². The van der Waals surface area contributed by atoms with Gasteiger partial charge in [-0.05, 0) is 23.8 Å². The van der Waals surface area contributed by atoms with Crippen LogP contribution in [0.25, 0.3) is 33.8 Å². The third-order valence-corrected chi connectivity index (χ3v) is 4.20. The molecule has 0 N–H and O–H groups in total. The van der Waals surface area contributed by atoms with Gasteiger partial charge in [-0.1, -0.05) is 84.4 Å². The Morgan fingerprint density at radius 1 is 0.583 bits per heavy atom. The Labute approximate surface area is 146 Å². The van der Waals surface area contributed by atoms with Crippen LogP contribution in [0.2, 0.25) is 5.02 Å². The van der Waals surface area contributed by atoms with Gasteiger partial charge in [0.25, 0.3) is 0 Å². The van der Waals surface area contributed by atoms with Gasteiger partial charge in [0, 0.05) is 21.7 Å². The van der Waals surface area contributed by atoms with E-state index in [1.54, 1.807) is 0 Å². The van der Waals surface area contributed by atoms with Gasteiger partial charge < -0.3 is 4.42 Å². The minimum Gasteiger partial charge on any atom is -0.455 e. The van der Waals surface area contributed by atoms with Gasteiger partial charge >= 0.3 is 0 Å². The molecule has 4 aromatic rings. The van der Waals surface area contributed by atoms with E-state index < -0.39 is 0 Å². The average molecular weight is 331 g/mol. The fraction of sp³-hybridized carbons (Fsp3) is 0. The molecule has 0 spiro atoms. The predicted molar refractivity (Wildman–Crippen MR) is 100 cm³/mol. The van der Waals surface area contributed by atoms with Crippen molar-refractivity contribution in [2.75, 3.05) is 0 Å². The second kappa shape index (κ2) is 6.38. The van der Waals surface area contributed by atoms with E-state index in [0.29, 0.717) is 5.02 Å². The number of hydrogen-bond donors (Lipinski definition) is 0. The Balaban J connectivity index is 1.92. The smallest absolute Gasteiger partial charge is 0.142 e. The molecule has 116 valence electrons. The van der Waals surface area contributed by atoms with Crippen molar-refractivity contribution in [1.29, 1.82) is 0 Å². The van der Waals surface area contributed by atoms with Crippen molar-refractivity contribution in [2.24, 2.45) is 0 Å². The minimum atomic E-state index is 0.717. The molecule has 1 heterocycles. The summed E-state index contributed by atoms with van der Waals surface area (Å²) in [6.07, 6.45) is 0. The molecule has 0 unspecified atom stereocenters. The van der Waals surface area contributed by atoms with Crippen LogP contribution in [0.1, 0.15) is 0 Å². The zero-order valence-electron chi connectivity index (χ0n) is 12.9. The highest BCUT2D eigenvalue weighted by atomic mass is 35.5. The van der Waals surface area contributed by atoms with E-state index in [0.717, 1.165) is 33.8 Å². The van der Waals surface area contributed by atoms with Gasteiger partial charge in [-0.2, -0.15) is 0 Å². The zero-order valence-corrected chi connectivity index (χ0v) is 13.7. The second-order valence-corrected chi connectivity index (χ2v) is 6.03. The predicted octanol–water partition coefficient (Wildman–Crippen LogP) is 6.93. The molecule has 0 atom stereocenters. The summed E-state index contributed by atoms with van der Waals surface area (Å²) in [4.78, 5) is 0. The first kappa shape index (κ1) is 14.8. The van der Waals surface area contributed by atoms with Gasteiger partial charge in [-0.25, -0.2) is 0 Å². The number of benzene rings is 3. The Hall–Kier alpha value is -2.77. The number of furan rings is 1. The SMILES string of the molecule is Clc1cccc(-c2cc(-c3ccccc3)oc2-c2ccccc2)c1. The molecule has 0 saturated carbocycles. The van der Waals surface area contributed by atoms with Gasteiger partial charge in [0.2, 0.25) is 0 Å².